The highest BCUT2D eigenvalue weighted by Gasteiger charge is 2.11. The lowest BCUT2D eigenvalue weighted by atomic mass is 10.2. The summed E-state index contributed by atoms with van der Waals surface area (Å²) in [5, 5.41) is 5.50. The average molecular weight is 301 g/mol. The third kappa shape index (κ3) is 4.44. The average Bonchev–Trinajstić information content (AvgIpc) is 3.06. The first-order chi connectivity index (χ1) is 10.7. The fraction of sp³-hybridized carbons (Fsp3) is 0.312. The highest BCUT2D eigenvalue weighted by molar-refractivity contribution is 5.98. The molecule has 0 spiro atoms. The van der Waals surface area contributed by atoms with Crippen molar-refractivity contribution in [1.82, 2.24) is 15.6 Å². The van der Waals surface area contributed by atoms with E-state index in [2.05, 4.69) is 22.5 Å². The minimum absolute atomic E-state index is 0.198. The molecule has 2 amide bonds. The zero-order valence-electron chi connectivity index (χ0n) is 12.5. The van der Waals surface area contributed by atoms with E-state index in [1.807, 2.05) is 0 Å². The molecule has 22 heavy (non-hydrogen) atoms. The SMILES string of the molecule is CCCCNC(=O)c1ccnc(C(=O)NCc2ccco2)c1. The third-order valence-electron chi connectivity index (χ3n) is 3.07. The van der Waals surface area contributed by atoms with Crippen molar-refractivity contribution < 1.29 is 14.0 Å². The van der Waals surface area contributed by atoms with Crippen LogP contribution in [0.3, 0.4) is 0 Å². The van der Waals surface area contributed by atoms with Gasteiger partial charge in [0.05, 0.1) is 12.8 Å². The monoisotopic (exact) mass is 301 g/mol. The largest absolute Gasteiger partial charge is 0.467 e. The number of furan rings is 1. The normalized spacial score (nSPS) is 10.2. The van der Waals surface area contributed by atoms with E-state index < -0.39 is 0 Å². The topological polar surface area (TPSA) is 84.2 Å². The van der Waals surface area contributed by atoms with Gasteiger partial charge in [-0.1, -0.05) is 13.3 Å². The number of nitrogens with one attached hydrogen (secondary N) is 2. The van der Waals surface area contributed by atoms with E-state index in [0.29, 0.717) is 17.9 Å². The molecule has 0 aliphatic heterocycles. The van der Waals surface area contributed by atoms with E-state index in [4.69, 9.17) is 4.42 Å². The number of rotatable bonds is 7. The molecule has 0 atom stereocenters. The Hall–Kier alpha value is -2.63. The van der Waals surface area contributed by atoms with Crippen molar-refractivity contribution in [1.29, 1.82) is 0 Å². The van der Waals surface area contributed by atoms with Crippen molar-refractivity contribution in [3.8, 4) is 0 Å². The summed E-state index contributed by atoms with van der Waals surface area (Å²) in [5.74, 6) is 0.109. The molecule has 0 fully saturated rings. The molecule has 0 unspecified atom stereocenters. The van der Waals surface area contributed by atoms with Gasteiger partial charge in [-0.05, 0) is 30.7 Å². The van der Waals surface area contributed by atoms with Gasteiger partial charge in [0.2, 0.25) is 0 Å². The van der Waals surface area contributed by atoms with Crippen LogP contribution in [0.5, 0.6) is 0 Å². The van der Waals surface area contributed by atoms with Gasteiger partial charge in [-0.2, -0.15) is 0 Å². The van der Waals surface area contributed by atoms with E-state index in [9.17, 15) is 9.59 Å². The highest BCUT2D eigenvalue weighted by Crippen LogP contribution is 2.04. The smallest absolute Gasteiger partial charge is 0.270 e. The maximum atomic E-state index is 12.0. The molecule has 2 N–H and O–H groups in total. The second kappa shape index (κ2) is 7.97. The number of unbranched alkanes of at least 4 members (excludes halogenated alkanes) is 1. The van der Waals surface area contributed by atoms with Crippen LogP contribution in [0.25, 0.3) is 0 Å². The van der Waals surface area contributed by atoms with E-state index in [-0.39, 0.29) is 24.1 Å². The summed E-state index contributed by atoms with van der Waals surface area (Å²) in [6.07, 6.45) is 4.93. The molecular weight excluding hydrogens is 282 g/mol. The van der Waals surface area contributed by atoms with Gasteiger partial charge in [0, 0.05) is 18.3 Å². The number of hydrogen-bond acceptors (Lipinski definition) is 4. The quantitative estimate of drug-likeness (QED) is 0.767. The molecule has 6 nitrogen and oxygen atoms in total. The molecular formula is C16H19N3O3. The van der Waals surface area contributed by atoms with Gasteiger partial charge in [0.25, 0.3) is 11.8 Å². The molecule has 0 aliphatic carbocycles. The maximum Gasteiger partial charge on any atom is 0.270 e. The molecule has 0 aromatic carbocycles. The maximum absolute atomic E-state index is 12.0. The van der Waals surface area contributed by atoms with E-state index in [1.54, 1.807) is 24.5 Å². The van der Waals surface area contributed by atoms with Crippen LogP contribution >= 0.6 is 0 Å². The lowest BCUT2D eigenvalue weighted by Crippen LogP contribution is -2.26. The predicted molar refractivity (Wildman–Crippen MR) is 81.4 cm³/mol. The number of hydrogen-bond donors (Lipinski definition) is 2. The van der Waals surface area contributed by atoms with E-state index in [0.717, 1.165) is 12.8 Å². The molecule has 2 aromatic heterocycles. The molecule has 0 aliphatic rings. The van der Waals surface area contributed by atoms with Gasteiger partial charge in [-0.3, -0.25) is 14.6 Å². The molecule has 6 heteroatoms. The number of aromatic nitrogens is 1. The fourth-order valence-electron chi connectivity index (χ4n) is 1.85. The van der Waals surface area contributed by atoms with Crippen LogP contribution in [0.1, 0.15) is 46.4 Å². The summed E-state index contributed by atoms with van der Waals surface area (Å²) < 4.78 is 5.14. The summed E-state index contributed by atoms with van der Waals surface area (Å²) in [4.78, 5) is 28.0. The Labute approximate surface area is 128 Å². The van der Waals surface area contributed by atoms with Gasteiger partial charge >= 0.3 is 0 Å². The molecule has 0 radical (unpaired) electrons. The van der Waals surface area contributed by atoms with E-state index in [1.165, 1.54) is 12.3 Å². The van der Waals surface area contributed by atoms with Crippen molar-refractivity contribution in [2.75, 3.05) is 6.54 Å². The zero-order chi connectivity index (χ0) is 15.8. The first-order valence-corrected chi connectivity index (χ1v) is 7.25. The minimum atomic E-state index is -0.348. The van der Waals surface area contributed by atoms with Crippen LogP contribution in [0.2, 0.25) is 0 Å². The van der Waals surface area contributed by atoms with Gasteiger partial charge in [0.1, 0.15) is 11.5 Å². The summed E-state index contributed by atoms with van der Waals surface area (Å²) >= 11 is 0. The summed E-state index contributed by atoms with van der Waals surface area (Å²) in [7, 11) is 0. The number of carbonyl (C=O) groups excluding carboxylic acids is 2. The van der Waals surface area contributed by atoms with Crippen molar-refractivity contribution >= 4 is 11.8 Å². The molecule has 2 heterocycles. The zero-order valence-corrected chi connectivity index (χ0v) is 12.5. The molecule has 116 valence electrons. The van der Waals surface area contributed by atoms with Crippen LogP contribution < -0.4 is 10.6 Å². The Bertz CT molecular complexity index is 623. The number of amides is 2. The summed E-state index contributed by atoms with van der Waals surface area (Å²) in [5.41, 5.74) is 0.629. The summed E-state index contributed by atoms with van der Waals surface area (Å²) in [6, 6.07) is 6.59. The fourth-order valence-corrected chi connectivity index (χ4v) is 1.85. The molecule has 0 bridgehead atoms. The Kier molecular flexibility index (Phi) is 5.71. The van der Waals surface area contributed by atoms with Crippen LogP contribution in [-0.2, 0) is 6.54 Å². The summed E-state index contributed by atoms with van der Waals surface area (Å²) in [6.45, 7) is 2.96. The van der Waals surface area contributed by atoms with Gasteiger partial charge in [-0.15, -0.1) is 0 Å². The number of nitrogens with zero attached hydrogens (tertiary/aromatic N) is 1. The van der Waals surface area contributed by atoms with Crippen LogP contribution in [-0.4, -0.2) is 23.3 Å². The van der Waals surface area contributed by atoms with Gasteiger partial charge in [-0.25, -0.2) is 0 Å². The third-order valence-corrected chi connectivity index (χ3v) is 3.07. The standard InChI is InChI=1S/C16H19N3O3/c1-2-3-7-18-15(20)12-6-8-17-14(10-12)16(21)19-11-13-5-4-9-22-13/h4-6,8-10H,2-3,7,11H2,1H3,(H,18,20)(H,19,21). The molecule has 2 aromatic rings. The number of carbonyl (C=O) groups is 2. The predicted octanol–water partition coefficient (Wildman–Crippen LogP) is 2.13. The lowest BCUT2D eigenvalue weighted by molar-refractivity contribution is 0.0943. The Morgan fingerprint density at radius 2 is 2.09 bits per heavy atom. The first-order valence-electron chi connectivity index (χ1n) is 7.25. The molecule has 0 saturated heterocycles. The minimum Gasteiger partial charge on any atom is -0.467 e. The second-order valence-corrected chi connectivity index (χ2v) is 4.80. The van der Waals surface area contributed by atoms with Crippen LogP contribution in [0.15, 0.2) is 41.1 Å². The van der Waals surface area contributed by atoms with Crippen molar-refractivity contribution in [2.24, 2.45) is 0 Å². The number of pyridine rings is 1. The second-order valence-electron chi connectivity index (χ2n) is 4.80. The van der Waals surface area contributed by atoms with Crippen molar-refractivity contribution in [3.63, 3.8) is 0 Å². The Balaban J connectivity index is 1.95. The van der Waals surface area contributed by atoms with E-state index >= 15 is 0 Å². The van der Waals surface area contributed by atoms with Gasteiger partial charge in [0.15, 0.2) is 0 Å². The van der Waals surface area contributed by atoms with Gasteiger partial charge < -0.3 is 15.1 Å². The Morgan fingerprint density at radius 3 is 2.82 bits per heavy atom. The lowest BCUT2D eigenvalue weighted by Gasteiger charge is -2.06. The highest BCUT2D eigenvalue weighted by atomic mass is 16.3. The Morgan fingerprint density at radius 1 is 1.23 bits per heavy atom. The first kappa shape index (κ1) is 15.8. The molecule has 0 saturated carbocycles. The van der Waals surface area contributed by atoms with Crippen molar-refractivity contribution in [2.45, 2.75) is 26.3 Å². The molecule has 2 rings (SSSR count). The van der Waals surface area contributed by atoms with Crippen molar-refractivity contribution in [3.05, 3.63) is 53.7 Å². The van der Waals surface area contributed by atoms with Crippen LogP contribution in [0.4, 0.5) is 0 Å². The van der Waals surface area contributed by atoms with Crippen LogP contribution in [0, 0.1) is 0 Å².